The van der Waals surface area contributed by atoms with Gasteiger partial charge in [-0.05, 0) is 37.1 Å². The molecule has 2 aromatic rings. The Bertz CT molecular complexity index is 883. The summed E-state index contributed by atoms with van der Waals surface area (Å²) in [5, 5.41) is 10.3. The molecule has 1 aromatic heterocycles. The predicted molar refractivity (Wildman–Crippen MR) is 96.2 cm³/mol. The summed E-state index contributed by atoms with van der Waals surface area (Å²) in [5.41, 5.74) is 1.16. The highest BCUT2D eigenvalue weighted by Crippen LogP contribution is 2.27. The standard InChI is InChI=1S/C18H20N6O3/c1-22-11-19-21-16(22)12-6-8-23(9-7-12)17(26)13-2-4-14(5-3-13)24-10-15(25)20-18(24)27/h2-5,11-12H,6-10H2,1H3,(H,20,25,27). The zero-order chi connectivity index (χ0) is 19.0. The van der Waals surface area contributed by atoms with Gasteiger partial charge in [-0.3, -0.25) is 19.8 Å². The molecule has 0 radical (unpaired) electrons. The normalized spacial score (nSPS) is 18.1. The van der Waals surface area contributed by atoms with E-state index in [-0.39, 0.29) is 18.4 Å². The van der Waals surface area contributed by atoms with E-state index in [1.807, 2.05) is 16.5 Å². The molecule has 0 spiro atoms. The Morgan fingerprint density at radius 3 is 2.41 bits per heavy atom. The number of aryl methyl sites for hydroxylation is 1. The van der Waals surface area contributed by atoms with E-state index in [4.69, 9.17) is 0 Å². The number of aromatic nitrogens is 3. The van der Waals surface area contributed by atoms with Gasteiger partial charge in [0.1, 0.15) is 18.7 Å². The second kappa shape index (κ2) is 6.82. The first kappa shape index (κ1) is 17.2. The Balaban J connectivity index is 1.39. The molecule has 0 unspecified atom stereocenters. The van der Waals surface area contributed by atoms with Crippen molar-refractivity contribution in [2.45, 2.75) is 18.8 Å². The topological polar surface area (TPSA) is 100 Å². The zero-order valence-corrected chi connectivity index (χ0v) is 15.0. The van der Waals surface area contributed by atoms with E-state index in [1.54, 1.807) is 30.6 Å². The van der Waals surface area contributed by atoms with E-state index in [2.05, 4.69) is 15.5 Å². The molecule has 0 saturated carbocycles. The van der Waals surface area contributed by atoms with Crippen LogP contribution in [0.25, 0.3) is 0 Å². The molecular weight excluding hydrogens is 348 g/mol. The lowest BCUT2D eigenvalue weighted by Crippen LogP contribution is -2.38. The van der Waals surface area contributed by atoms with Gasteiger partial charge in [0.05, 0.1) is 0 Å². The van der Waals surface area contributed by atoms with Gasteiger partial charge in [0.25, 0.3) is 5.91 Å². The van der Waals surface area contributed by atoms with Gasteiger partial charge >= 0.3 is 6.03 Å². The molecule has 2 fully saturated rings. The molecule has 140 valence electrons. The minimum absolute atomic E-state index is 0.00167. The van der Waals surface area contributed by atoms with Gasteiger partial charge in [0.2, 0.25) is 5.91 Å². The fourth-order valence-electron chi connectivity index (χ4n) is 3.62. The molecular formula is C18H20N6O3. The van der Waals surface area contributed by atoms with Gasteiger partial charge in [0, 0.05) is 37.3 Å². The van der Waals surface area contributed by atoms with Gasteiger partial charge in [-0.15, -0.1) is 10.2 Å². The number of rotatable bonds is 3. The number of nitrogens with zero attached hydrogens (tertiary/aromatic N) is 5. The number of benzene rings is 1. The Kier molecular flexibility index (Phi) is 4.35. The highest BCUT2D eigenvalue weighted by Gasteiger charge is 2.29. The van der Waals surface area contributed by atoms with E-state index in [9.17, 15) is 14.4 Å². The van der Waals surface area contributed by atoms with Crippen LogP contribution in [-0.4, -0.2) is 57.1 Å². The van der Waals surface area contributed by atoms with Crippen molar-refractivity contribution >= 4 is 23.5 Å². The second-order valence-corrected chi connectivity index (χ2v) is 6.85. The van der Waals surface area contributed by atoms with E-state index >= 15 is 0 Å². The Morgan fingerprint density at radius 2 is 1.85 bits per heavy atom. The van der Waals surface area contributed by atoms with Crippen LogP contribution in [0.4, 0.5) is 10.5 Å². The molecule has 2 aliphatic heterocycles. The molecule has 1 aromatic carbocycles. The lowest BCUT2D eigenvalue weighted by atomic mass is 9.95. The molecule has 4 rings (SSSR count). The van der Waals surface area contributed by atoms with E-state index in [0.29, 0.717) is 30.3 Å². The Morgan fingerprint density at radius 1 is 1.15 bits per heavy atom. The van der Waals surface area contributed by atoms with Crippen molar-refractivity contribution in [2.24, 2.45) is 7.05 Å². The summed E-state index contributed by atoms with van der Waals surface area (Å²) in [5.74, 6) is 0.922. The van der Waals surface area contributed by atoms with Gasteiger partial charge in [0.15, 0.2) is 0 Å². The first-order valence-electron chi connectivity index (χ1n) is 8.87. The number of urea groups is 1. The van der Waals surface area contributed by atoms with Crippen LogP contribution in [0.15, 0.2) is 30.6 Å². The lowest BCUT2D eigenvalue weighted by Gasteiger charge is -2.31. The first-order chi connectivity index (χ1) is 13.0. The highest BCUT2D eigenvalue weighted by molar-refractivity contribution is 6.12. The number of piperidine rings is 1. The van der Waals surface area contributed by atoms with Gasteiger partial charge in [-0.2, -0.15) is 0 Å². The van der Waals surface area contributed by atoms with E-state index in [0.717, 1.165) is 18.7 Å². The van der Waals surface area contributed by atoms with Crippen molar-refractivity contribution in [3.8, 4) is 0 Å². The summed E-state index contributed by atoms with van der Waals surface area (Å²) in [4.78, 5) is 39.0. The number of carbonyl (C=O) groups is 3. The number of anilines is 1. The summed E-state index contributed by atoms with van der Waals surface area (Å²) in [6.07, 6.45) is 3.40. The number of imide groups is 1. The maximum atomic E-state index is 12.8. The Labute approximate surface area is 156 Å². The van der Waals surface area contributed by atoms with Crippen molar-refractivity contribution in [3.63, 3.8) is 0 Å². The predicted octanol–water partition coefficient (Wildman–Crippen LogP) is 0.891. The summed E-state index contributed by atoms with van der Waals surface area (Å²) in [6.45, 7) is 1.34. The van der Waals surface area contributed by atoms with Crippen molar-refractivity contribution in [1.29, 1.82) is 0 Å². The van der Waals surface area contributed by atoms with Gasteiger partial charge in [-0.1, -0.05) is 0 Å². The van der Waals surface area contributed by atoms with Crippen molar-refractivity contribution in [1.82, 2.24) is 25.0 Å². The molecule has 9 nitrogen and oxygen atoms in total. The van der Waals surface area contributed by atoms with Crippen LogP contribution in [0.3, 0.4) is 0 Å². The first-order valence-corrected chi connectivity index (χ1v) is 8.87. The number of nitrogens with one attached hydrogen (secondary N) is 1. The van der Waals surface area contributed by atoms with Crippen LogP contribution in [0.2, 0.25) is 0 Å². The number of hydrogen-bond acceptors (Lipinski definition) is 5. The molecule has 0 bridgehead atoms. The van der Waals surface area contributed by atoms with Crippen LogP contribution < -0.4 is 10.2 Å². The molecule has 4 amide bonds. The zero-order valence-electron chi connectivity index (χ0n) is 15.0. The molecule has 27 heavy (non-hydrogen) atoms. The van der Waals surface area contributed by atoms with Crippen molar-refractivity contribution < 1.29 is 14.4 Å². The molecule has 0 aliphatic carbocycles. The Hall–Kier alpha value is -3.23. The largest absolute Gasteiger partial charge is 0.339 e. The fourth-order valence-corrected chi connectivity index (χ4v) is 3.62. The quantitative estimate of drug-likeness (QED) is 0.811. The third-order valence-electron chi connectivity index (χ3n) is 5.11. The van der Waals surface area contributed by atoms with Crippen molar-refractivity contribution in [2.75, 3.05) is 24.5 Å². The van der Waals surface area contributed by atoms with E-state index in [1.165, 1.54) is 4.90 Å². The van der Waals surface area contributed by atoms with Crippen LogP contribution in [0, 0.1) is 0 Å². The molecule has 1 N–H and O–H groups in total. The molecule has 2 aliphatic rings. The number of amides is 4. The third kappa shape index (κ3) is 3.27. The third-order valence-corrected chi connectivity index (χ3v) is 5.11. The lowest BCUT2D eigenvalue weighted by molar-refractivity contribution is -0.117. The minimum atomic E-state index is -0.440. The summed E-state index contributed by atoms with van der Waals surface area (Å²) < 4.78 is 1.93. The van der Waals surface area contributed by atoms with E-state index < -0.39 is 6.03 Å². The molecule has 3 heterocycles. The number of carbonyl (C=O) groups excluding carboxylic acids is 3. The maximum Gasteiger partial charge on any atom is 0.329 e. The molecule has 2 saturated heterocycles. The average molecular weight is 368 g/mol. The van der Waals surface area contributed by atoms with Gasteiger partial charge in [-0.25, -0.2) is 4.79 Å². The molecule has 0 atom stereocenters. The van der Waals surface area contributed by atoms with Gasteiger partial charge < -0.3 is 9.47 Å². The minimum Gasteiger partial charge on any atom is -0.339 e. The number of hydrogen-bond donors (Lipinski definition) is 1. The van der Waals surface area contributed by atoms with Crippen LogP contribution in [-0.2, 0) is 11.8 Å². The second-order valence-electron chi connectivity index (χ2n) is 6.85. The van der Waals surface area contributed by atoms with Crippen LogP contribution >= 0.6 is 0 Å². The monoisotopic (exact) mass is 368 g/mol. The SMILES string of the molecule is Cn1cnnc1C1CCN(C(=O)c2ccc(N3CC(=O)NC3=O)cc2)CC1. The fraction of sp³-hybridized carbons (Fsp3) is 0.389. The summed E-state index contributed by atoms with van der Waals surface area (Å²) in [6, 6.07) is 6.34. The summed E-state index contributed by atoms with van der Waals surface area (Å²) >= 11 is 0. The van der Waals surface area contributed by atoms with Crippen LogP contribution in [0.5, 0.6) is 0 Å². The summed E-state index contributed by atoms with van der Waals surface area (Å²) in [7, 11) is 1.93. The maximum absolute atomic E-state index is 12.8. The average Bonchev–Trinajstić information content (AvgIpc) is 3.26. The smallest absolute Gasteiger partial charge is 0.329 e. The molecule has 9 heteroatoms. The van der Waals surface area contributed by atoms with Crippen molar-refractivity contribution in [3.05, 3.63) is 42.0 Å². The highest BCUT2D eigenvalue weighted by atomic mass is 16.2. The van der Waals surface area contributed by atoms with Crippen LogP contribution in [0.1, 0.15) is 34.9 Å². The number of likely N-dealkylation sites (tertiary alicyclic amines) is 1.